The highest BCUT2D eigenvalue weighted by molar-refractivity contribution is 4.95. The second-order valence-electron chi connectivity index (χ2n) is 6.16. The van der Waals surface area contributed by atoms with Crippen molar-refractivity contribution in [3.05, 3.63) is 0 Å². The van der Waals surface area contributed by atoms with Gasteiger partial charge in [0, 0.05) is 25.2 Å². The summed E-state index contributed by atoms with van der Waals surface area (Å²) in [4.78, 5) is 2.81. The Hall–Kier alpha value is -0.0800. The van der Waals surface area contributed by atoms with Crippen LogP contribution in [0.1, 0.15) is 45.4 Å². The second-order valence-corrected chi connectivity index (χ2v) is 6.16. The van der Waals surface area contributed by atoms with Crippen LogP contribution in [0.4, 0.5) is 0 Å². The molecule has 0 spiro atoms. The minimum absolute atomic E-state index is 0.828. The molecule has 0 radical (unpaired) electrons. The fourth-order valence-electron chi connectivity index (χ4n) is 4.13. The maximum atomic E-state index is 3.72. The van der Waals surface area contributed by atoms with E-state index in [9.17, 15) is 0 Å². The molecule has 2 heteroatoms. The van der Waals surface area contributed by atoms with E-state index in [1.54, 1.807) is 0 Å². The monoisotopic (exact) mass is 222 g/mol. The Kier molecular flexibility index (Phi) is 3.21. The predicted octanol–water partition coefficient (Wildman–Crippen LogP) is 2.25. The summed E-state index contributed by atoms with van der Waals surface area (Å²) in [5.74, 6) is 2.00. The number of fused-ring (bicyclic) bond motifs is 1. The molecule has 1 saturated carbocycles. The molecule has 0 aromatic carbocycles. The highest BCUT2D eigenvalue weighted by atomic mass is 15.2. The van der Waals surface area contributed by atoms with Crippen molar-refractivity contribution >= 4 is 0 Å². The molecule has 4 atom stereocenters. The van der Waals surface area contributed by atoms with E-state index in [2.05, 4.69) is 17.1 Å². The van der Waals surface area contributed by atoms with E-state index in [1.807, 2.05) is 0 Å². The van der Waals surface area contributed by atoms with Crippen molar-refractivity contribution in [1.29, 1.82) is 0 Å². The lowest BCUT2D eigenvalue weighted by Gasteiger charge is -2.25. The minimum Gasteiger partial charge on any atom is -0.312 e. The maximum absolute atomic E-state index is 3.72. The Morgan fingerprint density at radius 2 is 2.12 bits per heavy atom. The van der Waals surface area contributed by atoms with Gasteiger partial charge >= 0.3 is 0 Å². The molecular formula is C14H26N2. The van der Waals surface area contributed by atoms with Crippen molar-refractivity contribution in [2.24, 2.45) is 11.8 Å². The normalized spacial score (nSPS) is 44.8. The van der Waals surface area contributed by atoms with Crippen molar-refractivity contribution in [2.75, 3.05) is 19.6 Å². The lowest BCUT2D eigenvalue weighted by molar-refractivity contribution is 0.230. The van der Waals surface area contributed by atoms with E-state index in [4.69, 9.17) is 0 Å². The van der Waals surface area contributed by atoms with Crippen molar-refractivity contribution in [1.82, 2.24) is 10.2 Å². The summed E-state index contributed by atoms with van der Waals surface area (Å²) in [6.07, 6.45) is 8.71. The Bertz CT molecular complexity index is 227. The third-order valence-electron chi connectivity index (χ3n) is 5.23. The van der Waals surface area contributed by atoms with Crippen LogP contribution in [-0.4, -0.2) is 36.6 Å². The molecule has 3 aliphatic rings. The summed E-state index contributed by atoms with van der Waals surface area (Å²) in [5.41, 5.74) is 0. The Morgan fingerprint density at radius 1 is 1.19 bits per heavy atom. The summed E-state index contributed by atoms with van der Waals surface area (Å²) in [5, 5.41) is 3.72. The van der Waals surface area contributed by atoms with Crippen LogP contribution < -0.4 is 5.32 Å². The summed E-state index contributed by atoms with van der Waals surface area (Å²) in [6.45, 7) is 6.35. The first-order valence-corrected chi connectivity index (χ1v) is 7.34. The molecule has 1 aliphatic carbocycles. The minimum atomic E-state index is 0.828. The molecule has 0 amide bonds. The highest BCUT2D eigenvalue weighted by Gasteiger charge is 2.39. The number of likely N-dealkylation sites (tertiary alicyclic amines) is 1. The number of hydrogen-bond acceptors (Lipinski definition) is 2. The SMILES string of the molecule is CCC1CCC(N2C[C@@H]3CCCN[C@@H]3C2)C1. The average molecular weight is 222 g/mol. The van der Waals surface area contributed by atoms with Crippen LogP contribution >= 0.6 is 0 Å². The molecule has 16 heavy (non-hydrogen) atoms. The summed E-state index contributed by atoms with van der Waals surface area (Å²) in [6, 6.07) is 1.76. The fourth-order valence-corrected chi connectivity index (χ4v) is 4.13. The summed E-state index contributed by atoms with van der Waals surface area (Å²) >= 11 is 0. The van der Waals surface area contributed by atoms with Crippen LogP contribution in [0.2, 0.25) is 0 Å². The van der Waals surface area contributed by atoms with Crippen LogP contribution in [-0.2, 0) is 0 Å². The van der Waals surface area contributed by atoms with Crippen LogP contribution in [0.5, 0.6) is 0 Å². The standard InChI is InChI=1S/C14H26N2/c1-2-11-5-6-13(8-11)16-9-12-4-3-7-15-14(12)10-16/h11-15H,2-10H2,1H3/t11?,12-,13?,14+/m0/s1. The van der Waals surface area contributed by atoms with E-state index < -0.39 is 0 Å². The van der Waals surface area contributed by atoms with Gasteiger partial charge in [-0.1, -0.05) is 13.3 Å². The first-order valence-electron chi connectivity index (χ1n) is 7.34. The van der Waals surface area contributed by atoms with Crippen LogP contribution in [0.15, 0.2) is 0 Å². The number of piperidine rings is 1. The van der Waals surface area contributed by atoms with Crippen LogP contribution in [0.25, 0.3) is 0 Å². The van der Waals surface area contributed by atoms with Crippen molar-refractivity contribution in [3.8, 4) is 0 Å². The molecular weight excluding hydrogens is 196 g/mol. The Morgan fingerprint density at radius 3 is 2.88 bits per heavy atom. The number of rotatable bonds is 2. The summed E-state index contributed by atoms with van der Waals surface area (Å²) < 4.78 is 0. The van der Waals surface area contributed by atoms with Gasteiger partial charge in [0.25, 0.3) is 0 Å². The van der Waals surface area contributed by atoms with Crippen molar-refractivity contribution in [3.63, 3.8) is 0 Å². The molecule has 2 saturated heterocycles. The van der Waals surface area contributed by atoms with E-state index in [-0.39, 0.29) is 0 Å². The van der Waals surface area contributed by atoms with E-state index in [0.717, 1.165) is 23.9 Å². The molecule has 3 fully saturated rings. The third-order valence-corrected chi connectivity index (χ3v) is 5.23. The highest BCUT2D eigenvalue weighted by Crippen LogP contribution is 2.35. The number of hydrogen-bond donors (Lipinski definition) is 1. The van der Waals surface area contributed by atoms with Gasteiger partial charge in [-0.25, -0.2) is 0 Å². The van der Waals surface area contributed by atoms with Gasteiger partial charge in [-0.3, -0.25) is 4.90 Å². The third kappa shape index (κ3) is 2.02. The van der Waals surface area contributed by atoms with Crippen molar-refractivity contribution < 1.29 is 0 Å². The smallest absolute Gasteiger partial charge is 0.0235 e. The molecule has 92 valence electrons. The van der Waals surface area contributed by atoms with Crippen LogP contribution in [0, 0.1) is 11.8 Å². The molecule has 0 aromatic heterocycles. The molecule has 3 rings (SSSR count). The fraction of sp³-hybridized carbons (Fsp3) is 1.00. The zero-order valence-corrected chi connectivity index (χ0v) is 10.6. The molecule has 2 aliphatic heterocycles. The van der Waals surface area contributed by atoms with E-state index in [0.29, 0.717) is 0 Å². The molecule has 1 N–H and O–H groups in total. The molecule has 2 unspecified atom stereocenters. The Balaban J connectivity index is 1.57. The van der Waals surface area contributed by atoms with Gasteiger partial charge in [-0.15, -0.1) is 0 Å². The van der Waals surface area contributed by atoms with Gasteiger partial charge in [0.05, 0.1) is 0 Å². The maximum Gasteiger partial charge on any atom is 0.0235 e. The van der Waals surface area contributed by atoms with Crippen LogP contribution in [0.3, 0.4) is 0 Å². The van der Waals surface area contributed by atoms with Gasteiger partial charge in [-0.05, 0) is 50.5 Å². The Labute approximate surface area is 99.8 Å². The summed E-state index contributed by atoms with van der Waals surface area (Å²) in [7, 11) is 0. The first kappa shape index (κ1) is 11.0. The van der Waals surface area contributed by atoms with Gasteiger partial charge < -0.3 is 5.32 Å². The van der Waals surface area contributed by atoms with E-state index >= 15 is 0 Å². The van der Waals surface area contributed by atoms with Gasteiger partial charge in [0.1, 0.15) is 0 Å². The molecule has 0 bridgehead atoms. The zero-order valence-electron chi connectivity index (χ0n) is 10.6. The molecule has 2 heterocycles. The number of nitrogens with one attached hydrogen (secondary N) is 1. The second kappa shape index (κ2) is 4.66. The average Bonchev–Trinajstić information content (AvgIpc) is 2.95. The largest absolute Gasteiger partial charge is 0.312 e. The quantitative estimate of drug-likeness (QED) is 0.771. The van der Waals surface area contributed by atoms with Crippen molar-refractivity contribution in [2.45, 2.75) is 57.5 Å². The molecule has 0 aromatic rings. The van der Waals surface area contributed by atoms with Gasteiger partial charge in [-0.2, -0.15) is 0 Å². The molecule has 2 nitrogen and oxygen atoms in total. The zero-order chi connectivity index (χ0) is 11.0. The first-order chi connectivity index (χ1) is 7.86. The lowest BCUT2D eigenvalue weighted by Crippen LogP contribution is -2.41. The van der Waals surface area contributed by atoms with E-state index in [1.165, 1.54) is 58.2 Å². The van der Waals surface area contributed by atoms with Gasteiger partial charge in [0.15, 0.2) is 0 Å². The topological polar surface area (TPSA) is 15.3 Å². The predicted molar refractivity (Wildman–Crippen MR) is 67.5 cm³/mol. The number of nitrogens with zero attached hydrogens (tertiary/aromatic N) is 1. The lowest BCUT2D eigenvalue weighted by atomic mass is 9.94. The van der Waals surface area contributed by atoms with Gasteiger partial charge in [0.2, 0.25) is 0 Å².